The molecule has 23 nitrogen and oxygen atoms in total. The van der Waals surface area contributed by atoms with Crippen LogP contribution in [-0.4, -0.2) is 233 Å². The first-order chi connectivity index (χ1) is 35.5. The number of esters is 1. The van der Waals surface area contributed by atoms with Gasteiger partial charge in [-0.15, -0.1) is 0 Å². The topological polar surface area (TPSA) is 374 Å². The monoisotopic (exact) mass is 1090 g/mol. The Morgan fingerprint density at radius 2 is 1.29 bits per heavy atom. The number of fused-ring (bicyclic) bond motifs is 7. The minimum atomic E-state index is -1.96. The van der Waals surface area contributed by atoms with E-state index >= 15 is 4.79 Å². The molecule has 0 bridgehead atoms. The van der Waals surface area contributed by atoms with Gasteiger partial charge in [-0.25, -0.2) is 0 Å². The molecule has 4 saturated carbocycles. The number of hydrogen-bond donors (Lipinski definition) is 14. The Morgan fingerprint density at radius 3 is 1.97 bits per heavy atom. The molecule has 4 saturated heterocycles. The van der Waals surface area contributed by atoms with E-state index in [-0.39, 0.29) is 48.7 Å². The van der Waals surface area contributed by atoms with E-state index in [1.807, 2.05) is 6.92 Å². The van der Waals surface area contributed by atoms with E-state index in [2.05, 4.69) is 40.7 Å². The average Bonchev–Trinajstić information content (AvgIpc) is 3.40. The molecule has 4 aliphatic heterocycles. The van der Waals surface area contributed by atoms with Crippen molar-refractivity contribution in [1.29, 1.82) is 0 Å². The molecule has 8 fully saturated rings. The van der Waals surface area contributed by atoms with E-state index in [0.717, 1.165) is 12.0 Å². The fourth-order valence-electron chi connectivity index (χ4n) is 16.2. The van der Waals surface area contributed by atoms with Crippen molar-refractivity contribution in [1.82, 2.24) is 0 Å². The Labute approximate surface area is 442 Å². The Hall–Kier alpha value is -1.63. The van der Waals surface area contributed by atoms with Crippen LogP contribution >= 0.6 is 0 Å². The third-order valence-corrected chi connectivity index (χ3v) is 21.1. The summed E-state index contributed by atoms with van der Waals surface area (Å²) >= 11 is 0. The zero-order valence-corrected chi connectivity index (χ0v) is 44.6. The number of rotatable bonds is 11. The van der Waals surface area contributed by atoms with Crippen molar-refractivity contribution in [3.8, 4) is 0 Å². The molecule has 0 aromatic carbocycles. The fraction of sp³-hybridized carbons (Fsp3) is 0.943. The van der Waals surface area contributed by atoms with Crippen LogP contribution in [0.3, 0.4) is 0 Å². The van der Waals surface area contributed by atoms with E-state index in [0.29, 0.717) is 38.5 Å². The molecule has 4 heterocycles. The molecule has 0 aromatic heterocycles. The molecular weight excluding hydrogens is 1000 g/mol. The third-order valence-electron chi connectivity index (χ3n) is 21.1. The van der Waals surface area contributed by atoms with E-state index < -0.39 is 176 Å². The van der Waals surface area contributed by atoms with Crippen molar-refractivity contribution >= 4 is 5.97 Å². The zero-order chi connectivity index (χ0) is 55.6. The summed E-state index contributed by atoms with van der Waals surface area (Å²) < 4.78 is 46.7. The predicted octanol–water partition coefficient (Wildman–Crippen LogP) is -2.43. The summed E-state index contributed by atoms with van der Waals surface area (Å²) in [6, 6.07) is 0. The maximum atomic E-state index is 15.2. The van der Waals surface area contributed by atoms with Gasteiger partial charge >= 0.3 is 5.97 Å². The Balaban J connectivity index is 0.913. The smallest absolute Gasteiger partial charge is 0.317 e. The molecule has 29 atom stereocenters. The van der Waals surface area contributed by atoms with Crippen LogP contribution in [0.1, 0.15) is 106 Å². The quantitative estimate of drug-likeness (QED) is 0.0581. The first kappa shape index (κ1) is 59.0. The Bertz CT molecular complexity index is 2100. The van der Waals surface area contributed by atoms with Crippen molar-refractivity contribution in [2.45, 2.75) is 235 Å². The van der Waals surface area contributed by atoms with Crippen LogP contribution in [0.5, 0.6) is 0 Å². The van der Waals surface area contributed by atoms with Gasteiger partial charge in [-0.05, 0) is 104 Å². The summed E-state index contributed by atoms with van der Waals surface area (Å²) in [6.45, 7) is 12.6. The number of carbonyl (C=O) groups is 1. The Morgan fingerprint density at radius 1 is 0.645 bits per heavy atom. The van der Waals surface area contributed by atoms with Crippen molar-refractivity contribution in [2.24, 2.45) is 50.2 Å². The fourth-order valence-corrected chi connectivity index (χ4v) is 16.2. The van der Waals surface area contributed by atoms with Crippen LogP contribution in [0.2, 0.25) is 0 Å². The highest BCUT2D eigenvalue weighted by Gasteiger charge is 2.72. The average molecular weight is 1090 g/mol. The van der Waals surface area contributed by atoms with Gasteiger partial charge in [0.05, 0.1) is 44.7 Å². The van der Waals surface area contributed by atoms with Gasteiger partial charge < -0.3 is 109 Å². The molecular formula is C53H86O23. The van der Waals surface area contributed by atoms with Gasteiger partial charge in [-0.2, -0.15) is 0 Å². The largest absolute Gasteiger partial charge is 0.432 e. The van der Waals surface area contributed by atoms with Gasteiger partial charge in [-0.3, -0.25) is 4.79 Å². The second-order valence-corrected chi connectivity index (χ2v) is 25.8. The van der Waals surface area contributed by atoms with Crippen LogP contribution in [0.25, 0.3) is 0 Å². The number of aliphatic hydroxyl groups excluding tert-OH is 14. The van der Waals surface area contributed by atoms with Crippen LogP contribution < -0.4 is 0 Å². The van der Waals surface area contributed by atoms with Gasteiger partial charge in [0, 0.05) is 5.41 Å². The van der Waals surface area contributed by atoms with Gasteiger partial charge in [0.15, 0.2) is 18.9 Å². The lowest BCUT2D eigenvalue weighted by Gasteiger charge is -2.72. The molecule has 0 spiro atoms. The third kappa shape index (κ3) is 9.37. The molecule has 5 aliphatic carbocycles. The lowest BCUT2D eigenvalue weighted by molar-refractivity contribution is -0.361. The van der Waals surface area contributed by atoms with E-state index in [1.165, 1.54) is 6.92 Å². The second kappa shape index (κ2) is 21.3. The van der Waals surface area contributed by atoms with Gasteiger partial charge in [-0.1, -0.05) is 53.2 Å². The molecule has 9 rings (SSSR count). The van der Waals surface area contributed by atoms with Crippen LogP contribution in [0, 0.1) is 50.2 Å². The predicted molar refractivity (Wildman–Crippen MR) is 258 cm³/mol. The molecule has 0 aromatic rings. The summed E-state index contributed by atoms with van der Waals surface area (Å²) in [5.41, 5.74) is -2.84. The number of ether oxygens (including phenoxy) is 8. The van der Waals surface area contributed by atoms with E-state index in [4.69, 9.17) is 37.9 Å². The molecule has 0 unspecified atom stereocenters. The van der Waals surface area contributed by atoms with Crippen molar-refractivity contribution < 1.29 is 114 Å². The molecule has 9 aliphatic rings. The van der Waals surface area contributed by atoms with Crippen molar-refractivity contribution in [2.75, 3.05) is 26.4 Å². The molecule has 436 valence electrons. The van der Waals surface area contributed by atoms with Gasteiger partial charge in [0.2, 0.25) is 6.29 Å². The van der Waals surface area contributed by atoms with Crippen LogP contribution in [-0.2, 0) is 42.7 Å². The normalized spacial score (nSPS) is 55.2. The number of hydrogen-bond acceptors (Lipinski definition) is 23. The summed E-state index contributed by atoms with van der Waals surface area (Å²) in [7, 11) is 0. The highest BCUT2D eigenvalue weighted by Crippen LogP contribution is 2.76. The van der Waals surface area contributed by atoms with Gasteiger partial charge in [0.25, 0.3) is 0 Å². The maximum Gasteiger partial charge on any atom is 0.317 e. The molecule has 14 N–H and O–H groups in total. The Kier molecular flexibility index (Phi) is 16.5. The minimum absolute atomic E-state index is 0.0376. The van der Waals surface area contributed by atoms with Crippen LogP contribution in [0.15, 0.2) is 11.6 Å². The lowest BCUT2D eigenvalue weighted by Crippen LogP contribution is -2.69. The van der Waals surface area contributed by atoms with Crippen molar-refractivity contribution in [3.63, 3.8) is 0 Å². The van der Waals surface area contributed by atoms with Gasteiger partial charge in [0.1, 0.15) is 90.9 Å². The molecule has 0 radical (unpaired) electrons. The number of aliphatic hydroxyl groups is 14. The second-order valence-electron chi connectivity index (χ2n) is 25.8. The number of carbonyl (C=O) groups excluding carboxylic acids is 1. The number of allylic oxidation sites excluding steroid dienone is 2. The molecule has 76 heavy (non-hydrogen) atoms. The summed E-state index contributed by atoms with van der Waals surface area (Å²) in [5.74, 6) is -1.33. The highest BCUT2D eigenvalue weighted by molar-refractivity contribution is 5.80. The molecule has 23 heteroatoms. The first-order valence-corrected chi connectivity index (χ1v) is 27.4. The zero-order valence-electron chi connectivity index (χ0n) is 44.6. The van der Waals surface area contributed by atoms with E-state index in [1.54, 1.807) is 0 Å². The highest BCUT2D eigenvalue weighted by atomic mass is 16.8. The SMILES string of the molecule is C[C@@H]1O[C@@H](O[C@H]2[C@H](O)[C@@H](O)[C@H](OC[C@H]3O[C@@H](OC(=O)[C@]45CCC(C)(C)C[C@H]4C4=CC[C@@H]6[C@@]7(C)CC[C@H](O[C@@H]8OC[C@H](O)[C@H](O)[C@H]8O)[C@@](C)(CO)[C@@H]7CC[C@@]6(C)[C@]4(C)C[C@H]5O)[C@H](O)[C@@H](O)[C@@H]3O)O[C@@H]2CO)[C@H](O)[C@H](O)[C@H]1O. The summed E-state index contributed by atoms with van der Waals surface area (Å²) in [4.78, 5) is 15.2. The summed E-state index contributed by atoms with van der Waals surface area (Å²) in [6.07, 6.45) is -25.2. The molecule has 0 amide bonds. The first-order valence-electron chi connectivity index (χ1n) is 27.4. The maximum absolute atomic E-state index is 15.2. The summed E-state index contributed by atoms with van der Waals surface area (Å²) in [5, 5.41) is 152. The van der Waals surface area contributed by atoms with Crippen LogP contribution in [0.4, 0.5) is 0 Å². The standard InChI is InChI=1S/C53H86O23/c1-22-32(58)35(61)39(65)45(71-22)75-42-26(18-54)72-43(41(67)37(42)63)70-20-27-34(60)36(62)40(66)46(73-27)76-47(68)53-15-14-48(2,3)16-24(53)23-8-9-29-49(4)12-11-31(74-44-38(64)33(59)25(56)19-69-44)50(5,21-55)28(49)10-13-51(29,6)52(23,7)17-30(53)57/h8,22,24-46,54-67H,9-21H2,1-7H3/t22-,24-,25-,26+,27+,28+,29+,30+,31-,32-,33-,34+,35+,36-,37+,38+,39+,40+,41+,42+,43+,44-,45-,46-,49-,50-,51+,52+,53+/m0/s1. The lowest BCUT2D eigenvalue weighted by atomic mass is 9.33. The van der Waals surface area contributed by atoms with Crippen molar-refractivity contribution in [3.05, 3.63) is 11.6 Å². The van der Waals surface area contributed by atoms with E-state index in [9.17, 15) is 71.5 Å². The minimum Gasteiger partial charge on any atom is -0.432 e.